The van der Waals surface area contributed by atoms with Gasteiger partial charge in [-0.3, -0.25) is 4.98 Å². The number of carboxylic acids is 1. The minimum Gasteiger partial charge on any atom is -0.478 e. The van der Waals surface area contributed by atoms with Crippen LogP contribution in [0.5, 0.6) is 0 Å². The number of nitrogens with zero attached hydrogens (tertiary/aromatic N) is 1. The molecule has 0 saturated heterocycles. The zero-order chi connectivity index (χ0) is 7.56. The molecular weight excluding hydrogens is 186 g/mol. The number of carboxylic acid groups (broad SMARTS) is 1. The summed E-state index contributed by atoms with van der Waals surface area (Å²) in [7, 11) is 0. The number of aromatic carboxylic acids is 1. The highest BCUT2D eigenvalue weighted by molar-refractivity contribution is 7.80. The first-order chi connectivity index (χ1) is 4.70. The second-order valence-electron chi connectivity index (χ2n) is 1.74. The second-order valence-corrected chi connectivity index (χ2v) is 2.25. The van der Waals surface area contributed by atoms with Gasteiger partial charge in [-0.25, -0.2) is 4.79 Å². The quantitative estimate of drug-likeness (QED) is 0.662. The van der Waals surface area contributed by atoms with Crippen molar-refractivity contribution in [3.05, 3.63) is 24.0 Å². The number of halogens is 1. The summed E-state index contributed by atoms with van der Waals surface area (Å²) in [5.74, 6) is -0.983. The molecule has 1 N–H and O–H groups in total. The SMILES string of the molecule is Cl.O=C(O)c1cncc(S)c1. The summed E-state index contributed by atoms with van der Waals surface area (Å²) >= 11 is 3.92. The van der Waals surface area contributed by atoms with Crippen LogP contribution in [0, 0.1) is 0 Å². The predicted octanol–water partition coefficient (Wildman–Crippen LogP) is 1.49. The third-order valence-corrected chi connectivity index (χ3v) is 1.22. The molecular formula is C6H6ClNO2S. The molecule has 1 heterocycles. The van der Waals surface area contributed by atoms with Crippen molar-refractivity contribution >= 4 is 31.0 Å². The van der Waals surface area contributed by atoms with Crippen molar-refractivity contribution in [2.45, 2.75) is 4.90 Å². The van der Waals surface area contributed by atoms with E-state index in [9.17, 15) is 4.79 Å². The van der Waals surface area contributed by atoms with E-state index in [1.807, 2.05) is 0 Å². The fourth-order valence-electron chi connectivity index (χ4n) is 0.545. The van der Waals surface area contributed by atoms with Gasteiger partial charge in [0, 0.05) is 17.3 Å². The van der Waals surface area contributed by atoms with Crippen LogP contribution in [0.3, 0.4) is 0 Å². The first kappa shape index (κ1) is 10.3. The Balaban J connectivity index is 0.000001000. The molecule has 0 amide bonds. The number of rotatable bonds is 1. The number of hydrogen-bond acceptors (Lipinski definition) is 3. The molecule has 5 heteroatoms. The summed E-state index contributed by atoms with van der Waals surface area (Å²) in [6.07, 6.45) is 2.76. The monoisotopic (exact) mass is 191 g/mol. The molecule has 0 aliphatic carbocycles. The first-order valence-corrected chi connectivity index (χ1v) is 3.02. The van der Waals surface area contributed by atoms with Gasteiger partial charge in [-0.05, 0) is 6.07 Å². The van der Waals surface area contributed by atoms with Gasteiger partial charge in [-0.15, -0.1) is 25.0 Å². The van der Waals surface area contributed by atoms with Crippen molar-refractivity contribution in [2.24, 2.45) is 0 Å². The topological polar surface area (TPSA) is 50.2 Å². The van der Waals surface area contributed by atoms with Gasteiger partial charge in [-0.2, -0.15) is 0 Å². The number of thiol groups is 1. The number of hydrogen-bond donors (Lipinski definition) is 2. The van der Waals surface area contributed by atoms with Crippen LogP contribution in [0.4, 0.5) is 0 Å². The zero-order valence-electron chi connectivity index (χ0n) is 5.39. The fourth-order valence-corrected chi connectivity index (χ4v) is 0.751. The van der Waals surface area contributed by atoms with E-state index in [4.69, 9.17) is 5.11 Å². The smallest absolute Gasteiger partial charge is 0.337 e. The second kappa shape index (κ2) is 4.20. The molecule has 1 aromatic heterocycles. The molecule has 60 valence electrons. The third kappa shape index (κ3) is 2.78. The van der Waals surface area contributed by atoms with E-state index in [1.54, 1.807) is 0 Å². The highest BCUT2D eigenvalue weighted by atomic mass is 35.5. The van der Waals surface area contributed by atoms with Gasteiger partial charge in [0.2, 0.25) is 0 Å². The lowest BCUT2D eigenvalue weighted by atomic mass is 10.3. The molecule has 11 heavy (non-hydrogen) atoms. The fraction of sp³-hybridized carbons (Fsp3) is 0. The van der Waals surface area contributed by atoms with Gasteiger partial charge in [0.15, 0.2) is 0 Å². The maximum absolute atomic E-state index is 10.3. The Morgan fingerprint density at radius 2 is 2.18 bits per heavy atom. The van der Waals surface area contributed by atoms with E-state index < -0.39 is 5.97 Å². The summed E-state index contributed by atoms with van der Waals surface area (Å²) in [6.45, 7) is 0. The summed E-state index contributed by atoms with van der Waals surface area (Å²) in [4.78, 5) is 14.5. The molecule has 0 atom stereocenters. The molecule has 0 radical (unpaired) electrons. The van der Waals surface area contributed by atoms with Gasteiger partial charge in [0.05, 0.1) is 5.56 Å². The standard InChI is InChI=1S/C6H5NO2S.ClH/c8-6(9)4-1-5(10)3-7-2-4;/h1-3,10H,(H,8,9);1H. The summed E-state index contributed by atoms with van der Waals surface area (Å²) in [5.41, 5.74) is 0.160. The Labute approximate surface area is 75.3 Å². The Morgan fingerprint density at radius 1 is 1.55 bits per heavy atom. The first-order valence-electron chi connectivity index (χ1n) is 2.57. The van der Waals surface area contributed by atoms with Crippen molar-refractivity contribution in [2.75, 3.05) is 0 Å². The molecule has 0 aromatic carbocycles. The van der Waals surface area contributed by atoms with E-state index >= 15 is 0 Å². The van der Waals surface area contributed by atoms with Crippen molar-refractivity contribution in [1.82, 2.24) is 4.98 Å². The Bertz CT molecular complexity index is 267. The summed E-state index contributed by atoms with van der Waals surface area (Å²) in [6, 6.07) is 1.44. The van der Waals surface area contributed by atoms with Crippen LogP contribution in [0.2, 0.25) is 0 Å². The summed E-state index contributed by atoms with van der Waals surface area (Å²) in [5, 5.41) is 8.44. The molecule has 0 saturated carbocycles. The zero-order valence-corrected chi connectivity index (χ0v) is 7.10. The van der Waals surface area contributed by atoms with Crippen LogP contribution < -0.4 is 0 Å². The Morgan fingerprint density at radius 3 is 2.55 bits per heavy atom. The van der Waals surface area contributed by atoms with E-state index in [2.05, 4.69) is 17.6 Å². The van der Waals surface area contributed by atoms with Crippen molar-refractivity contribution in [3.8, 4) is 0 Å². The molecule has 0 bridgehead atoms. The van der Waals surface area contributed by atoms with Gasteiger partial charge >= 0.3 is 5.97 Å². The molecule has 0 unspecified atom stereocenters. The molecule has 0 spiro atoms. The van der Waals surface area contributed by atoms with Gasteiger partial charge < -0.3 is 5.11 Å². The van der Waals surface area contributed by atoms with Crippen molar-refractivity contribution in [3.63, 3.8) is 0 Å². The average Bonchev–Trinajstić information content (AvgIpc) is 1.88. The predicted molar refractivity (Wildman–Crippen MR) is 45.7 cm³/mol. The highest BCUT2D eigenvalue weighted by Crippen LogP contribution is 2.05. The van der Waals surface area contributed by atoms with Crippen molar-refractivity contribution in [1.29, 1.82) is 0 Å². The summed E-state index contributed by atoms with van der Waals surface area (Å²) < 4.78 is 0. The number of pyridine rings is 1. The molecule has 1 aromatic rings. The average molecular weight is 192 g/mol. The highest BCUT2D eigenvalue weighted by Gasteiger charge is 2.00. The minimum atomic E-state index is -0.983. The lowest BCUT2D eigenvalue weighted by Crippen LogP contribution is -1.96. The largest absolute Gasteiger partial charge is 0.478 e. The molecule has 0 fully saturated rings. The Kier molecular flexibility index (Phi) is 3.92. The van der Waals surface area contributed by atoms with Gasteiger partial charge in [-0.1, -0.05) is 0 Å². The Hall–Kier alpha value is -0.740. The van der Waals surface area contributed by atoms with Crippen LogP contribution in [-0.4, -0.2) is 16.1 Å². The van der Waals surface area contributed by atoms with E-state index in [1.165, 1.54) is 18.5 Å². The van der Waals surface area contributed by atoms with Crippen molar-refractivity contribution < 1.29 is 9.90 Å². The van der Waals surface area contributed by atoms with E-state index in [0.29, 0.717) is 4.90 Å². The number of carbonyl (C=O) groups is 1. The maximum Gasteiger partial charge on any atom is 0.337 e. The molecule has 3 nitrogen and oxygen atoms in total. The van der Waals surface area contributed by atoms with Crippen LogP contribution in [-0.2, 0) is 0 Å². The normalized spacial score (nSPS) is 8.45. The van der Waals surface area contributed by atoms with Crippen LogP contribution in [0.1, 0.15) is 10.4 Å². The van der Waals surface area contributed by atoms with E-state index in [0.717, 1.165) is 0 Å². The van der Waals surface area contributed by atoms with Crippen LogP contribution in [0.25, 0.3) is 0 Å². The third-order valence-electron chi connectivity index (χ3n) is 0.971. The molecule has 1 rings (SSSR count). The minimum absolute atomic E-state index is 0. The molecule has 0 aliphatic rings. The van der Waals surface area contributed by atoms with Gasteiger partial charge in [0.25, 0.3) is 0 Å². The lowest BCUT2D eigenvalue weighted by molar-refractivity contribution is 0.0696. The maximum atomic E-state index is 10.3. The number of aromatic nitrogens is 1. The van der Waals surface area contributed by atoms with Crippen LogP contribution in [0.15, 0.2) is 23.4 Å². The lowest BCUT2D eigenvalue weighted by Gasteiger charge is -1.92. The van der Waals surface area contributed by atoms with Crippen LogP contribution >= 0.6 is 25.0 Å². The van der Waals surface area contributed by atoms with Gasteiger partial charge in [0.1, 0.15) is 0 Å². The molecule has 0 aliphatic heterocycles. The van der Waals surface area contributed by atoms with E-state index in [-0.39, 0.29) is 18.0 Å².